The van der Waals surface area contributed by atoms with Gasteiger partial charge in [0, 0.05) is 12.2 Å². The maximum absolute atomic E-state index is 13.7. The van der Waals surface area contributed by atoms with Crippen molar-refractivity contribution in [1.82, 2.24) is 9.88 Å². The number of aromatic nitrogens is 1. The molecule has 0 N–H and O–H groups in total. The zero-order valence-corrected chi connectivity index (χ0v) is 11.7. The number of carbonyl (C=O) groups excluding carboxylic acids is 1. The first kappa shape index (κ1) is 15.5. The lowest BCUT2D eigenvalue weighted by molar-refractivity contribution is -0.154. The highest BCUT2D eigenvalue weighted by Gasteiger charge is 2.54. The molecule has 0 spiro atoms. The smallest absolute Gasteiger partial charge is 0.422 e. The van der Waals surface area contributed by atoms with Crippen molar-refractivity contribution in [3.05, 3.63) is 23.1 Å². The third-order valence-electron chi connectivity index (χ3n) is 3.33. The SMILES string of the molecule is Cc1nc(OCC(F)(F)F)c(F)cc1CN1C(=O)C1(C)C. The minimum Gasteiger partial charge on any atom is -0.466 e. The van der Waals surface area contributed by atoms with Gasteiger partial charge in [0.2, 0.25) is 5.91 Å². The van der Waals surface area contributed by atoms with E-state index in [1.165, 1.54) is 11.8 Å². The van der Waals surface area contributed by atoms with Crippen molar-refractivity contribution in [2.45, 2.75) is 39.0 Å². The summed E-state index contributed by atoms with van der Waals surface area (Å²) in [6.45, 7) is 3.55. The summed E-state index contributed by atoms with van der Waals surface area (Å²) in [6, 6.07) is 1.05. The Balaban J connectivity index is 2.12. The number of amides is 1. The molecule has 8 heteroatoms. The van der Waals surface area contributed by atoms with E-state index in [2.05, 4.69) is 9.72 Å². The molecule has 116 valence electrons. The van der Waals surface area contributed by atoms with Gasteiger partial charge in [-0.25, -0.2) is 9.37 Å². The van der Waals surface area contributed by atoms with Crippen LogP contribution in [0.15, 0.2) is 6.07 Å². The number of aryl methyl sites for hydroxylation is 1. The summed E-state index contributed by atoms with van der Waals surface area (Å²) in [5, 5.41) is 0. The molecule has 2 heterocycles. The van der Waals surface area contributed by atoms with Crippen molar-refractivity contribution >= 4 is 5.91 Å². The number of rotatable bonds is 4. The summed E-state index contributed by atoms with van der Waals surface area (Å²) in [4.78, 5) is 16.7. The predicted octanol–water partition coefficient (Wildman–Crippen LogP) is 2.59. The van der Waals surface area contributed by atoms with Gasteiger partial charge in [-0.3, -0.25) is 4.79 Å². The summed E-state index contributed by atoms with van der Waals surface area (Å²) >= 11 is 0. The van der Waals surface area contributed by atoms with Gasteiger partial charge in [0.1, 0.15) is 5.54 Å². The molecule has 0 unspecified atom stereocenters. The first-order chi connectivity index (χ1) is 9.52. The van der Waals surface area contributed by atoms with Crippen LogP contribution in [0.4, 0.5) is 17.6 Å². The van der Waals surface area contributed by atoms with Crippen molar-refractivity contribution < 1.29 is 27.1 Å². The lowest BCUT2D eigenvalue weighted by Crippen LogP contribution is -2.20. The second-order valence-electron chi connectivity index (χ2n) is 5.37. The van der Waals surface area contributed by atoms with Crippen LogP contribution in [0, 0.1) is 12.7 Å². The quantitative estimate of drug-likeness (QED) is 0.634. The molecule has 1 amide bonds. The molecular weight excluding hydrogens is 292 g/mol. The maximum Gasteiger partial charge on any atom is 0.422 e. The van der Waals surface area contributed by atoms with Gasteiger partial charge < -0.3 is 9.64 Å². The van der Waals surface area contributed by atoms with E-state index in [1.807, 2.05) is 0 Å². The lowest BCUT2D eigenvalue weighted by atomic mass is 10.2. The van der Waals surface area contributed by atoms with Crippen molar-refractivity contribution in [3.8, 4) is 5.88 Å². The number of pyridine rings is 1. The van der Waals surface area contributed by atoms with Crippen LogP contribution in [0.1, 0.15) is 25.1 Å². The zero-order chi connectivity index (χ0) is 16.0. The Morgan fingerprint density at radius 2 is 1.95 bits per heavy atom. The molecule has 0 aliphatic carbocycles. The fourth-order valence-electron chi connectivity index (χ4n) is 1.90. The molecule has 1 aliphatic heterocycles. The molecule has 1 aromatic rings. The number of carbonyl (C=O) groups is 1. The molecule has 1 aliphatic rings. The standard InChI is InChI=1S/C13H14F4N2O2/c1-7-8(5-19-11(20)12(19,2)3)4-9(14)10(18-7)21-6-13(15,16)17/h4H,5-6H2,1-3H3. The number of hydrogen-bond acceptors (Lipinski definition) is 3. The van der Waals surface area contributed by atoms with Gasteiger partial charge in [-0.1, -0.05) is 0 Å². The molecular formula is C13H14F4N2O2. The number of alkyl halides is 3. The zero-order valence-electron chi connectivity index (χ0n) is 11.7. The van der Waals surface area contributed by atoms with E-state index in [4.69, 9.17) is 0 Å². The van der Waals surface area contributed by atoms with E-state index in [1.54, 1.807) is 13.8 Å². The monoisotopic (exact) mass is 306 g/mol. The minimum absolute atomic E-state index is 0.0697. The molecule has 0 aromatic carbocycles. The highest BCUT2D eigenvalue weighted by atomic mass is 19.4. The molecule has 0 radical (unpaired) electrons. The summed E-state index contributed by atoms with van der Waals surface area (Å²) < 4.78 is 54.2. The van der Waals surface area contributed by atoms with Gasteiger partial charge in [-0.15, -0.1) is 0 Å². The van der Waals surface area contributed by atoms with Gasteiger partial charge in [0.15, 0.2) is 12.4 Å². The van der Waals surface area contributed by atoms with E-state index in [0.29, 0.717) is 11.3 Å². The molecule has 2 rings (SSSR count). The largest absolute Gasteiger partial charge is 0.466 e. The minimum atomic E-state index is -4.56. The Bertz CT molecular complexity index is 584. The van der Waals surface area contributed by atoms with Crippen LogP contribution in [0.2, 0.25) is 0 Å². The lowest BCUT2D eigenvalue weighted by Gasteiger charge is -2.13. The van der Waals surface area contributed by atoms with E-state index in [9.17, 15) is 22.4 Å². The van der Waals surface area contributed by atoms with Crippen molar-refractivity contribution in [3.63, 3.8) is 0 Å². The van der Waals surface area contributed by atoms with Gasteiger partial charge in [0.25, 0.3) is 5.88 Å². The average Bonchev–Trinajstić information content (AvgIpc) is 2.80. The van der Waals surface area contributed by atoms with Crippen LogP contribution < -0.4 is 4.74 Å². The first-order valence-corrected chi connectivity index (χ1v) is 6.20. The van der Waals surface area contributed by atoms with Gasteiger partial charge in [0.05, 0.1) is 0 Å². The number of nitrogens with zero attached hydrogens (tertiary/aromatic N) is 2. The molecule has 0 saturated carbocycles. The number of hydrogen-bond donors (Lipinski definition) is 0. The highest BCUT2D eigenvalue weighted by molar-refractivity contribution is 6.01. The molecule has 21 heavy (non-hydrogen) atoms. The van der Waals surface area contributed by atoms with Gasteiger partial charge in [-0.05, 0) is 32.4 Å². The molecule has 1 aromatic heterocycles. The fraction of sp³-hybridized carbons (Fsp3) is 0.538. The summed E-state index contributed by atoms with van der Waals surface area (Å²) in [5.41, 5.74) is 0.170. The Hall–Kier alpha value is -1.86. The van der Waals surface area contributed by atoms with Crippen molar-refractivity contribution in [1.29, 1.82) is 0 Å². The topological polar surface area (TPSA) is 42.2 Å². The molecule has 0 bridgehead atoms. The summed E-state index contributed by atoms with van der Waals surface area (Å²) in [5.74, 6) is -1.74. The predicted molar refractivity (Wildman–Crippen MR) is 65.1 cm³/mol. The van der Waals surface area contributed by atoms with Crippen LogP contribution in [-0.4, -0.2) is 34.1 Å². The average molecular weight is 306 g/mol. The van der Waals surface area contributed by atoms with Crippen molar-refractivity contribution in [2.24, 2.45) is 0 Å². The Morgan fingerprint density at radius 1 is 1.38 bits per heavy atom. The normalized spacial score (nSPS) is 17.1. The van der Waals surface area contributed by atoms with E-state index in [0.717, 1.165) is 6.07 Å². The Labute approximate surface area is 118 Å². The van der Waals surface area contributed by atoms with Crippen molar-refractivity contribution in [2.75, 3.05) is 6.61 Å². The fourth-order valence-corrected chi connectivity index (χ4v) is 1.90. The summed E-state index contributed by atoms with van der Waals surface area (Å²) in [7, 11) is 0. The molecule has 4 nitrogen and oxygen atoms in total. The van der Waals surface area contributed by atoms with Gasteiger partial charge >= 0.3 is 6.18 Å². The second kappa shape index (κ2) is 4.85. The summed E-state index contributed by atoms with van der Waals surface area (Å²) in [6.07, 6.45) is -4.56. The first-order valence-electron chi connectivity index (χ1n) is 6.20. The maximum atomic E-state index is 13.7. The van der Waals surface area contributed by atoms with E-state index >= 15 is 0 Å². The third-order valence-corrected chi connectivity index (χ3v) is 3.33. The van der Waals surface area contributed by atoms with E-state index in [-0.39, 0.29) is 12.5 Å². The van der Waals surface area contributed by atoms with Crippen LogP contribution in [0.3, 0.4) is 0 Å². The highest BCUT2D eigenvalue weighted by Crippen LogP contribution is 2.35. The van der Waals surface area contributed by atoms with Crippen LogP contribution in [0.25, 0.3) is 0 Å². The molecule has 1 fully saturated rings. The van der Waals surface area contributed by atoms with Crippen LogP contribution in [-0.2, 0) is 11.3 Å². The third kappa shape index (κ3) is 3.25. The Kier molecular flexibility index (Phi) is 3.59. The second-order valence-corrected chi connectivity index (χ2v) is 5.37. The van der Waals surface area contributed by atoms with Gasteiger partial charge in [-0.2, -0.15) is 13.2 Å². The van der Waals surface area contributed by atoms with E-state index < -0.39 is 30.0 Å². The molecule has 1 saturated heterocycles. The Morgan fingerprint density at radius 3 is 2.43 bits per heavy atom. The molecule has 0 atom stereocenters. The van der Waals surface area contributed by atoms with Crippen LogP contribution >= 0.6 is 0 Å². The number of halogens is 4. The van der Waals surface area contributed by atoms with Crippen LogP contribution in [0.5, 0.6) is 5.88 Å². The number of ether oxygens (including phenoxy) is 1.